The Hall–Kier alpha value is -2.43. The molecule has 1 fully saturated rings. The van der Waals surface area contributed by atoms with E-state index in [-0.39, 0.29) is 17.6 Å². The Morgan fingerprint density at radius 1 is 1.21 bits per heavy atom. The molecular formula is C24H36N6O3S. The lowest BCUT2D eigenvalue weighted by Gasteiger charge is -2.37. The molecule has 1 aromatic heterocycles. The predicted molar refractivity (Wildman–Crippen MR) is 136 cm³/mol. The molecule has 10 heteroatoms. The standard InChI is InChI=1S/C24H36N6O3S/c1-24(2)13-18-17(21-20(24)23(26)28-14-27-21)9-10-19(33-16-7-5-15(25)6-8-16)22(18)30(3)12-11-29-34(4,31)32/h9-10,14-16,29H,5-8,11-13,25H2,1-4H3,(H2,26,27,28)/t15-,16-. The number of anilines is 2. The van der Waals surface area contributed by atoms with E-state index < -0.39 is 10.0 Å². The molecule has 2 aliphatic rings. The van der Waals surface area contributed by atoms with Gasteiger partial charge in [-0.1, -0.05) is 13.8 Å². The van der Waals surface area contributed by atoms with Gasteiger partial charge >= 0.3 is 0 Å². The van der Waals surface area contributed by atoms with Crippen LogP contribution in [0.3, 0.4) is 0 Å². The van der Waals surface area contributed by atoms with Crippen molar-refractivity contribution >= 4 is 21.5 Å². The van der Waals surface area contributed by atoms with E-state index >= 15 is 0 Å². The highest BCUT2D eigenvalue weighted by Gasteiger charge is 2.37. The first-order chi connectivity index (χ1) is 16.0. The number of hydrogen-bond donors (Lipinski definition) is 3. The smallest absolute Gasteiger partial charge is 0.208 e. The van der Waals surface area contributed by atoms with Gasteiger partial charge in [-0.3, -0.25) is 0 Å². The van der Waals surface area contributed by atoms with Crippen LogP contribution >= 0.6 is 0 Å². The first-order valence-corrected chi connectivity index (χ1v) is 13.7. The largest absolute Gasteiger partial charge is 0.488 e. The van der Waals surface area contributed by atoms with Gasteiger partial charge in [-0.05, 0) is 55.2 Å². The number of hydrogen-bond acceptors (Lipinski definition) is 8. The zero-order chi connectivity index (χ0) is 24.7. The summed E-state index contributed by atoms with van der Waals surface area (Å²) >= 11 is 0. The summed E-state index contributed by atoms with van der Waals surface area (Å²) in [6.45, 7) is 5.10. The van der Waals surface area contributed by atoms with E-state index in [2.05, 4.69) is 39.5 Å². The molecule has 2 aromatic rings. The Labute approximate surface area is 202 Å². The predicted octanol–water partition coefficient (Wildman–Crippen LogP) is 2.19. The second-order valence-corrected chi connectivity index (χ2v) is 12.1. The van der Waals surface area contributed by atoms with Gasteiger partial charge in [-0.25, -0.2) is 23.1 Å². The van der Waals surface area contributed by atoms with E-state index in [0.717, 1.165) is 65.9 Å². The number of nitrogen functional groups attached to an aromatic ring is 1. The minimum atomic E-state index is -3.27. The molecule has 2 aliphatic carbocycles. The molecule has 9 nitrogen and oxygen atoms in total. The summed E-state index contributed by atoms with van der Waals surface area (Å²) in [5, 5.41) is 0. The molecule has 0 aliphatic heterocycles. The molecule has 1 aromatic carbocycles. The number of benzene rings is 1. The minimum Gasteiger partial charge on any atom is -0.488 e. The third kappa shape index (κ3) is 5.13. The van der Waals surface area contributed by atoms with Crippen LogP contribution in [0, 0.1) is 0 Å². The van der Waals surface area contributed by atoms with E-state index in [1.54, 1.807) is 0 Å². The number of sulfonamides is 1. The zero-order valence-electron chi connectivity index (χ0n) is 20.5. The number of nitrogens with one attached hydrogen (secondary N) is 1. The number of rotatable bonds is 7. The van der Waals surface area contributed by atoms with Gasteiger partial charge in [0.1, 0.15) is 17.9 Å². The molecule has 34 heavy (non-hydrogen) atoms. The second-order valence-electron chi connectivity index (χ2n) is 10.2. The number of likely N-dealkylation sites (N-methyl/N-ethyl adjacent to an activating group) is 1. The van der Waals surface area contributed by atoms with Crippen molar-refractivity contribution in [1.29, 1.82) is 0 Å². The fourth-order valence-corrected chi connectivity index (χ4v) is 5.69. The molecule has 4 rings (SSSR count). The number of aromatic nitrogens is 2. The highest BCUT2D eigenvalue weighted by atomic mass is 32.2. The molecule has 0 spiro atoms. The maximum Gasteiger partial charge on any atom is 0.208 e. The summed E-state index contributed by atoms with van der Waals surface area (Å²) in [4.78, 5) is 10.9. The average Bonchev–Trinajstić information content (AvgIpc) is 2.73. The fourth-order valence-electron chi connectivity index (χ4n) is 5.23. The number of fused-ring (bicyclic) bond motifs is 3. The SMILES string of the molecule is CN(CCNS(C)(=O)=O)c1c(O[C@H]2CC[C@H](N)CC2)ccc2c1CC(C)(C)c1c(N)ncnc1-2. The van der Waals surface area contributed by atoms with Gasteiger partial charge in [0.05, 0.1) is 23.7 Å². The Morgan fingerprint density at radius 2 is 1.91 bits per heavy atom. The summed E-state index contributed by atoms with van der Waals surface area (Å²) in [5.74, 6) is 1.31. The van der Waals surface area contributed by atoms with Crippen molar-refractivity contribution in [1.82, 2.24) is 14.7 Å². The third-order valence-electron chi connectivity index (χ3n) is 6.88. The average molecular weight is 489 g/mol. The van der Waals surface area contributed by atoms with E-state index in [1.807, 2.05) is 13.1 Å². The van der Waals surface area contributed by atoms with Crippen molar-refractivity contribution in [2.45, 2.75) is 63.5 Å². The van der Waals surface area contributed by atoms with Crippen molar-refractivity contribution in [3.05, 3.63) is 29.6 Å². The van der Waals surface area contributed by atoms with E-state index in [0.29, 0.717) is 18.9 Å². The Morgan fingerprint density at radius 3 is 2.59 bits per heavy atom. The van der Waals surface area contributed by atoms with Crippen molar-refractivity contribution in [3.63, 3.8) is 0 Å². The molecule has 0 amide bonds. The summed E-state index contributed by atoms with van der Waals surface area (Å²) in [6, 6.07) is 4.31. The second kappa shape index (κ2) is 9.31. The first kappa shape index (κ1) is 24.7. The summed E-state index contributed by atoms with van der Waals surface area (Å²) in [6.07, 6.45) is 7.28. The van der Waals surface area contributed by atoms with Crippen LogP contribution in [0.5, 0.6) is 5.75 Å². The van der Waals surface area contributed by atoms with Crippen LogP contribution in [0.1, 0.15) is 50.7 Å². The topological polar surface area (TPSA) is 136 Å². The van der Waals surface area contributed by atoms with Gasteiger partial charge in [-0.2, -0.15) is 0 Å². The highest BCUT2D eigenvalue weighted by molar-refractivity contribution is 7.88. The van der Waals surface area contributed by atoms with Crippen LogP contribution in [0.15, 0.2) is 18.5 Å². The third-order valence-corrected chi connectivity index (χ3v) is 7.61. The molecule has 0 bridgehead atoms. The van der Waals surface area contributed by atoms with Crippen molar-refractivity contribution < 1.29 is 13.2 Å². The van der Waals surface area contributed by atoms with E-state index in [9.17, 15) is 8.42 Å². The maximum absolute atomic E-state index is 11.6. The lowest BCUT2D eigenvalue weighted by atomic mass is 9.71. The molecule has 0 radical (unpaired) electrons. The van der Waals surface area contributed by atoms with Crippen LogP contribution in [-0.4, -0.2) is 56.9 Å². The highest BCUT2D eigenvalue weighted by Crippen LogP contribution is 2.49. The molecule has 0 saturated heterocycles. The zero-order valence-corrected chi connectivity index (χ0v) is 21.3. The molecule has 1 heterocycles. The van der Waals surface area contributed by atoms with Gasteiger partial charge < -0.3 is 21.1 Å². The van der Waals surface area contributed by atoms with E-state index in [4.69, 9.17) is 16.2 Å². The molecule has 0 unspecified atom stereocenters. The maximum atomic E-state index is 11.6. The van der Waals surface area contributed by atoms with Crippen LogP contribution in [0.25, 0.3) is 11.3 Å². The Balaban J connectivity index is 1.76. The molecule has 186 valence electrons. The van der Waals surface area contributed by atoms with Gasteiger partial charge in [0, 0.05) is 37.3 Å². The minimum absolute atomic E-state index is 0.112. The number of ether oxygens (including phenoxy) is 1. The Kier molecular flexibility index (Phi) is 6.76. The van der Waals surface area contributed by atoms with E-state index in [1.165, 1.54) is 12.6 Å². The van der Waals surface area contributed by atoms with Crippen molar-refractivity contribution in [3.8, 4) is 17.0 Å². The van der Waals surface area contributed by atoms with Crippen LogP contribution in [-0.2, 0) is 21.9 Å². The van der Waals surface area contributed by atoms with Gasteiger partial charge in [0.2, 0.25) is 10.0 Å². The van der Waals surface area contributed by atoms with Gasteiger partial charge in [-0.15, -0.1) is 0 Å². The fraction of sp³-hybridized carbons (Fsp3) is 0.583. The van der Waals surface area contributed by atoms with Crippen LogP contribution in [0.2, 0.25) is 0 Å². The lowest BCUT2D eigenvalue weighted by Crippen LogP contribution is -2.35. The van der Waals surface area contributed by atoms with Gasteiger partial charge in [0.25, 0.3) is 0 Å². The van der Waals surface area contributed by atoms with Crippen molar-refractivity contribution in [2.24, 2.45) is 5.73 Å². The number of nitrogens with two attached hydrogens (primary N) is 2. The molecular weight excluding hydrogens is 452 g/mol. The van der Waals surface area contributed by atoms with Gasteiger partial charge in [0.15, 0.2) is 0 Å². The molecule has 0 atom stereocenters. The molecule has 1 saturated carbocycles. The van der Waals surface area contributed by atoms with Crippen molar-refractivity contribution in [2.75, 3.05) is 37.0 Å². The summed E-state index contributed by atoms with van der Waals surface area (Å²) < 4.78 is 32.3. The normalized spacial score (nSPS) is 21.4. The molecule has 5 N–H and O–H groups in total. The first-order valence-electron chi connectivity index (χ1n) is 11.8. The summed E-state index contributed by atoms with van der Waals surface area (Å²) in [5.41, 5.74) is 17.0. The quantitative estimate of drug-likeness (QED) is 0.539. The lowest BCUT2D eigenvalue weighted by molar-refractivity contribution is 0.147. The Bertz CT molecular complexity index is 1160. The summed E-state index contributed by atoms with van der Waals surface area (Å²) in [7, 11) is -1.30. The number of nitrogens with zero attached hydrogens (tertiary/aromatic N) is 3. The van der Waals surface area contributed by atoms with Crippen LogP contribution in [0.4, 0.5) is 11.5 Å². The van der Waals surface area contributed by atoms with Crippen LogP contribution < -0.4 is 25.8 Å². The monoisotopic (exact) mass is 488 g/mol.